The first-order valence-corrected chi connectivity index (χ1v) is 8.28. The van der Waals surface area contributed by atoms with Gasteiger partial charge >= 0.3 is 0 Å². The average Bonchev–Trinajstić information content (AvgIpc) is 3.35. The van der Waals surface area contributed by atoms with Crippen LogP contribution >= 0.6 is 0 Å². The highest BCUT2D eigenvalue weighted by atomic mass is 16.5. The minimum atomic E-state index is -0.848. The quantitative estimate of drug-likeness (QED) is 0.660. The van der Waals surface area contributed by atoms with Crippen LogP contribution in [0, 0.1) is 0 Å². The second-order valence-electron chi connectivity index (χ2n) is 5.89. The van der Waals surface area contributed by atoms with Gasteiger partial charge in [0.1, 0.15) is 17.2 Å². The minimum Gasteiger partial charge on any atom is -0.497 e. The SMILES string of the molecule is COc1ccc(OC)c(-c2cc(C(=O)NC[C@H](O)c3ccoc3)n(C)n2)c1. The Hall–Kier alpha value is -3.26. The maximum atomic E-state index is 12.5. The smallest absolute Gasteiger partial charge is 0.269 e. The van der Waals surface area contributed by atoms with E-state index in [1.165, 1.54) is 17.2 Å². The summed E-state index contributed by atoms with van der Waals surface area (Å²) in [5, 5.41) is 17.2. The summed E-state index contributed by atoms with van der Waals surface area (Å²) in [6, 6.07) is 8.68. The van der Waals surface area contributed by atoms with Crippen molar-refractivity contribution in [1.82, 2.24) is 15.1 Å². The number of amides is 1. The van der Waals surface area contributed by atoms with Gasteiger partial charge in [0.15, 0.2) is 0 Å². The van der Waals surface area contributed by atoms with E-state index in [9.17, 15) is 9.90 Å². The van der Waals surface area contributed by atoms with E-state index in [1.54, 1.807) is 51.6 Å². The second kappa shape index (κ2) is 7.96. The van der Waals surface area contributed by atoms with Gasteiger partial charge in [-0.3, -0.25) is 9.48 Å². The number of carbonyl (C=O) groups excluding carboxylic acids is 1. The van der Waals surface area contributed by atoms with E-state index in [0.717, 1.165) is 0 Å². The molecule has 27 heavy (non-hydrogen) atoms. The first-order valence-electron chi connectivity index (χ1n) is 8.28. The van der Waals surface area contributed by atoms with Crippen LogP contribution in [-0.4, -0.2) is 41.6 Å². The molecule has 0 radical (unpaired) electrons. The van der Waals surface area contributed by atoms with Crippen LogP contribution in [0.3, 0.4) is 0 Å². The molecule has 0 aliphatic carbocycles. The van der Waals surface area contributed by atoms with Gasteiger partial charge in [-0.1, -0.05) is 0 Å². The van der Waals surface area contributed by atoms with E-state index >= 15 is 0 Å². The van der Waals surface area contributed by atoms with Gasteiger partial charge in [0.2, 0.25) is 0 Å². The highest BCUT2D eigenvalue weighted by molar-refractivity contribution is 5.94. The number of furan rings is 1. The zero-order valence-corrected chi connectivity index (χ0v) is 15.3. The molecule has 0 fully saturated rings. The Labute approximate surface area is 156 Å². The molecule has 0 aliphatic rings. The summed E-state index contributed by atoms with van der Waals surface area (Å²) in [6.07, 6.45) is 2.06. The molecule has 8 nitrogen and oxygen atoms in total. The Morgan fingerprint density at radius 3 is 2.78 bits per heavy atom. The summed E-state index contributed by atoms with van der Waals surface area (Å²) in [5.41, 5.74) is 2.25. The van der Waals surface area contributed by atoms with Crippen molar-refractivity contribution in [1.29, 1.82) is 0 Å². The molecule has 8 heteroatoms. The number of carbonyl (C=O) groups is 1. The number of aliphatic hydroxyl groups is 1. The number of hydrogen-bond donors (Lipinski definition) is 2. The van der Waals surface area contributed by atoms with Crippen LogP contribution in [0.4, 0.5) is 0 Å². The molecule has 0 unspecified atom stereocenters. The Bertz CT molecular complexity index is 918. The molecule has 0 bridgehead atoms. The fourth-order valence-electron chi connectivity index (χ4n) is 2.69. The second-order valence-corrected chi connectivity index (χ2v) is 5.89. The van der Waals surface area contributed by atoms with Gasteiger partial charge in [-0.2, -0.15) is 5.10 Å². The number of benzene rings is 1. The fourth-order valence-corrected chi connectivity index (χ4v) is 2.69. The summed E-state index contributed by atoms with van der Waals surface area (Å²) in [7, 11) is 4.82. The molecule has 0 aliphatic heterocycles. The van der Waals surface area contributed by atoms with Crippen LogP contribution < -0.4 is 14.8 Å². The van der Waals surface area contributed by atoms with Gasteiger partial charge in [0.25, 0.3) is 5.91 Å². The summed E-state index contributed by atoms with van der Waals surface area (Å²) in [4.78, 5) is 12.5. The molecule has 0 spiro atoms. The van der Waals surface area contributed by atoms with Gasteiger partial charge in [-0.25, -0.2) is 0 Å². The number of hydrogen-bond acceptors (Lipinski definition) is 6. The Morgan fingerprint density at radius 2 is 2.11 bits per heavy atom. The lowest BCUT2D eigenvalue weighted by Crippen LogP contribution is -2.29. The van der Waals surface area contributed by atoms with Crippen molar-refractivity contribution in [2.24, 2.45) is 7.05 Å². The third kappa shape index (κ3) is 3.95. The number of nitrogens with zero attached hydrogens (tertiary/aromatic N) is 2. The van der Waals surface area contributed by atoms with Gasteiger partial charge in [-0.05, 0) is 30.3 Å². The predicted octanol–water partition coefficient (Wildman–Crippen LogP) is 2.16. The van der Waals surface area contributed by atoms with Crippen LogP contribution in [0.5, 0.6) is 11.5 Å². The molecular formula is C19H21N3O5. The predicted molar refractivity (Wildman–Crippen MR) is 97.7 cm³/mol. The van der Waals surface area contributed by atoms with E-state index in [-0.39, 0.29) is 12.5 Å². The van der Waals surface area contributed by atoms with Crippen molar-refractivity contribution in [2.75, 3.05) is 20.8 Å². The molecule has 1 amide bonds. The van der Waals surface area contributed by atoms with E-state index in [4.69, 9.17) is 13.9 Å². The molecule has 1 aromatic carbocycles. The van der Waals surface area contributed by atoms with E-state index in [0.29, 0.717) is 34.0 Å². The lowest BCUT2D eigenvalue weighted by atomic mass is 10.1. The summed E-state index contributed by atoms with van der Waals surface area (Å²) < 4.78 is 17.0. The minimum absolute atomic E-state index is 0.0569. The number of methoxy groups -OCH3 is 2. The highest BCUT2D eigenvalue weighted by Gasteiger charge is 2.18. The van der Waals surface area contributed by atoms with Crippen LogP contribution in [0.1, 0.15) is 22.2 Å². The Kier molecular flexibility index (Phi) is 5.46. The maximum Gasteiger partial charge on any atom is 0.269 e. The lowest BCUT2D eigenvalue weighted by Gasteiger charge is -2.09. The van der Waals surface area contributed by atoms with Gasteiger partial charge < -0.3 is 24.3 Å². The zero-order valence-electron chi connectivity index (χ0n) is 15.3. The third-order valence-corrected chi connectivity index (χ3v) is 4.18. The van der Waals surface area contributed by atoms with Crippen molar-refractivity contribution >= 4 is 5.91 Å². The Balaban J connectivity index is 1.79. The normalized spacial score (nSPS) is 11.9. The summed E-state index contributed by atoms with van der Waals surface area (Å²) >= 11 is 0. The number of ether oxygens (including phenoxy) is 2. The molecule has 3 aromatic rings. The summed E-state index contributed by atoms with van der Waals surface area (Å²) in [6.45, 7) is 0.0569. The lowest BCUT2D eigenvalue weighted by molar-refractivity contribution is 0.0906. The standard InChI is InChI=1S/C19H21N3O5/c1-22-16(19(24)20-10-17(23)12-6-7-27-11-12)9-15(21-22)14-8-13(25-2)4-5-18(14)26-3/h4-9,11,17,23H,10H2,1-3H3,(H,20,24)/t17-/m0/s1. The Morgan fingerprint density at radius 1 is 1.30 bits per heavy atom. The van der Waals surface area contributed by atoms with Crippen LogP contribution in [0.15, 0.2) is 47.3 Å². The molecule has 2 aromatic heterocycles. The van der Waals surface area contributed by atoms with Crippen LogP contribution in [0.2, 0.25) is 0 Å². The zero-order chi connectivity index (χ0) is 19.4. The van der Waals surface area contributed by atoms with E-state index in [1.807, 2.05) is 0 Å². The van der Waals surface area contributed by atoms with Crippen LogP contribution in [-0.2, 0) is 7.05 Å². The molecule has 2 heterocycles. The summed E-state index contributed by atoms with van der Waals surface area (Å²) in [5.74, 6) is 0.933. The van der Waals surface area contributed by atoms with Gasteiger partial charge in [-0.15, -0.1) is 0 Å². The van der Waals surface area contributed by atoms with Crippen molar-refractivity contribution in [3.8, 4) is 22.8 Å². The monoisotopic (exact) mass is 371 g/mol. The highest BCUT2D eigenvalue weighted by Crippen LogP contribution is 2.32. The fraction of sp³-hybridized carbons (Fsp3) is 0.263. The maximum absolute atomic E-state index is 12.5. The van der Waals surface area contributed by atoms with Gasteiger partial charge in [0.05, 0.1) is 38.5 Å². The van der Waals surface area contributed by atoms with E-state index < -0.39 is 6.10 Å². The molecule has 0 saturated heterocycles. The number of nitrogens with one attached hydrogen (secondary N) is 1. The van der Waals surface area contributed by atoms with Crippen LogP contribution in [0.25, 0.3) is 11.3 Å². The molecule has 2 N–H and O–H groups in total. The van der Waals surface area contributed by atoms with Crippen molar-refractivity contribution in [3.63, 3.8) is 0 Å². The molecular weight excluding hydrogens is 350 g/mol. The first-order chi connectivity index (χ1) is 13.0. The molecule has 142 valence electrons. The average molecular weight is 371 g/mol. The van der Waals surface area contributed by atoms with Crippen molar-refractivity contribution in [3.05, 3.63) is 54.1 Å². The van der Waals surface area contributed by atoms with Crippen molar-refractivity contribution in [2.45, 2.75) is 6.10 Å². The first kappa shape index (κ1) is 18.5. The molecule has 1 atom stereocenters. The van der Waals surface area contributed by atoms with Gasteiger partial charge in [0, 0.05) is 24.7 Å². The topological polar surface area (TPSA) is 98.8 Å². The van der Waals surface area contributed by atoms with E-state index in [2.05, 4.69) is 10.4 Å². The molecule has 3 rings (SSSR count). The number of aryl methyl sites for hydroxylation is 1. The largest absolute Gasteiger partial charge is 0.497 e. The van der Waals surface area contributed by atoms with Crippen molar-refractivity contribution < 1.29 is 23.8 Å². The number of rotatable bonds is 7. The number of aromatic nitrogens is 2. The molecule has 0 saturated carbocycles. The number of aliphatic hydroxyl groups excluding tert-OH is 1. The third-order valence-electron chi connectivity index (χ3n) is 4.18.